The molecule has 1 aromatic carbocycles. The molecule has 4 nitrogen and oxygen atoms in total. The molecule has 0 bridgehead atoms. The molecule has 1 unspecified atom stereocenters. The Morgan fingerprint density at radius 2 is 2.04 bits per heavy atom. The number of carbonyl (C=O) groups is 1. The molecule has 152 valence electrons. The number of amides is 1. The number of likely N-dealkylation sites (tertiary alicyclic amines) is 1. The van der Waals surface area contributed by atoms with Gasteiger partial charge in [-0.1, -0.05) is 12.1 Å². The lowest BCUT2D eigenvalue weighted by molar-refractivity contribution is -0.136. The fourth-order valence-electron chi connectivity index (χ4n) is 5.60. The summed E-state index contributed by atoms with van der Waals surface area (Å²) in [6.07, 6.45) is 10.9. The third-order valence-corrected chi connectivity index (χ3v) is 7.96. The van der Waals surface area contributed by atoms with Gasteiger partial charge in [0.15, 0.2) is 0 Å². The van der Waals surface area contributed by atoms with E-state index in [0.717, 1.165) is 64.1 Å². The highest BCUT2D eigenvalue weighted by molar-refractivity contribution is 5.79. The Balaban J connectivity index is 1.10. The lowest BCUT2D eigenvalue weighted by atomic mass is 9.79. The lowest BCUT2D eigenvalue weighted by Gasteiger charge is -2.31. The second kappa shape index (κ2) is 7.37. The molecule has 2 heterocycles. The predicted molar refractivity (Wildman–Crippen MR) is 111 cm³/mol. The summed E-state index contributed by atoms with van der Waals surface area (Å²) in [4.78, 5) is 17.6. The van der Waals surface area contributed by atoms with Gasteiger partial charge in [0.05, 0.1) is 6.61 Å². The van der Waals surface area contributed by atoms with Crippen LogP contribution in [0, 0.1) is 11.3 Å². The standard InChI is InChI=1S/C24H34N2O2/c1-25(13-6-18-2-3-22-20(16-18)8-15-28-22)21-7-14-26(17-21)23(27)19-4-9-24(10-5-19)11-12-24/h2-3,16,19,21H,4-15,17H2,1H3. The first-order valence-corrected chi connectivity index (χ1v) is 11.4. The highest BCUT2D eigenvalue weighted by atomic mass is 16.5. The van der Waals surface area contributed by atoms with Crippen LogP contribution in [0.4, 0.5) is 0 Å². The number of ether oxygens (including phenoxy) is 1. The van der Waals surface area contributed by atoms with Crippen molar-refractivity contribution in [2.24, 2.45) is 11.3 Å². The Kier molecular flexibility index (Phi) is 4.86. The number of hydrogen-bond acceptors (Lipinski definition) is 3. The van der Waals surface area contributed by atoms with E-state index in [2.05, 4.69) is 35.0 Å². The summed E-state index contributed by atoms with van der Waals surface area (Å²) < 4.78 is 5.61. The quantitative estimate of drug-likeness (QED) is 0.779. The maximum Gasteiger partial charge on any atom is 0.225 e. The van der Waals surface area contributed by atoms with E-state index in [4.69, 9.17) is 4.74 Å². The fraction of sp³-hybridized carbons (Fsp3) is 0.708. The number of likely N-dealkylation sites (N-methyl/N-ethyl adjacent to an activating group) is 1. The first kappa shape index (κ1) is 18.5. The minimum absolute atomic E-state index is 0.309. The molecule has 1 atom stereocenters. The van der Waals surface area contributed by atoms with Crippen LogP contribution in [0.5, 0.6) is 5.75 Å². The van der Waals surface area contributed by atoms with Gasteiger partial charge in [0.1, 0.15) is 5.75 Å². The summed E-state index contributed by atoms with van der Waals surface area (Å²) in [6, 6.07) is 7.16. The van der Waals surface area contributed by atoms with Gasteiger partial charge in [-0.05, 0) is 81.0 Å². The van der Waals surface area contributed by atoms with Gasteiger partial charge >= 0.3 is 0 Å². The van der Waals surface area contributed by atoms with Crippen LogP contribution in [0.1, 0.15) is 56.1 Å². The van der Waals surface area contributed by atoms with Gasteiger partial charge in [-0.15, -0.1) is 0 Å². The second-order valence-corrected chi connectivity index (χ2v) is 9.77. The summed E-state index contributed by atoms with van der Waals surface area (Å²) in [5.74, 6) is 1.83. The van der Waals surface area contributed by atoms with Crippen molar-refractivity contribution in [3.63, 3.8) is 0 Å². The fourth-order valence-corrected chi connectivity index (χ4v) is 5.60. The van der Waals surface area contributed by atoms with Crippen molar-refractivity contribution < 1.29 is 9.53 Å². The largest absolute Gasteiger partial charge is 0.493 e. The molecule has 4 heteroatoms. The molecule has 2 aliphatic heterocycles. The van der Waals surface area contributed by atoms with E-state index in [1.165, 1.54) is 36.8 Å². The van der Waals surface area contributed by atoms with Crippen molar-refractivity contribution in [1.29, 1.82) is 0 Å². The van der Waals surface area contributed by atoms with Gasteiger partial charge in [-0.3, -0.25) is 4.79 Å². The molecule has 0 radical (unpaired) electrons. The van der Waals surface area contributed by atoms with Crippen LogP contribution in [-0.2, 0) is 17.6 Å². The van der Waals surface area contributed by atoms with Crippen molar-refractivity contribution >= 4 is 5.91 Å². The molecule has 28 heavy (non-hydrogen) atoms. The molecule has 0 N–H and O–H groups in total. The molecule has 2 aliphatic carbocycles. The Morgan fingerprint density at radius 1 is 1.21 bits per heavy atom. The molecule has 0 aromatic heterocycles. The number of carbonyl (C=O) groups excluding carboxylic acids is 1. The first-order valence-electron chi connectivity index (χ1n) is 11.4. The van der Waals surface area contributed by atoms with Crippen molar-refractivity contribution in [3.05, 3.63) is 29.3 Å². The Morgan fingerprint density at radius 3 is 2.82 bits per heavy atom. The smallest absolute Gasteiger partial charge is 0.225 e. The Hall–Kier alpha value is -1.55. The van der Waals surface area contributed by atoms with Crippen LogP contribution in [0.25, 0.3) is 0 Å². The van der Waals surface area contributed by atoms with E-state index in [0.29, 0.717) is 23.3 Å². The number of nitrogens with zero attached hydrogens (tertiary/aromatic N) is 2. The van der Waals surface area contributed by atoms with E-state index in [1.54, 1.807) is 0 Å². The maximum atomic E-state index is 13.0. The zero-order valence-corrected chi connectivity index (χ0v) is 17.3. The van der Waals surface area contributed by atoms with E-state index in [-0.39, 0.29) is 0 Å². The minimum Gasteiger partial charge on any atom is -0.493 e. The summed E-state index contributed by atoms with van der Waals surface area (Å²) in [6.45, 7) is 3.76. The minimum atomic E-state index is 0.309. The van der Waals surface area contributed by atoms with E-state index >= 15 is 0 Å². The van der Waals surface area contributed by atoms with Crippen molar-refractivity contribution in [1.82, 2.24) is 9.80 Å². The van der Waals surface area contributed by atoms with Gasteiger partial charge in [0.2, 0.25) is 5.91 Å². The van der Waals surface area contributed by atoms with E-state index in [9.17, 15) is 4.79 Å². The second-order valence-electron chi connectivity index (χ2n) is 9.77. The molecule has 1 spiro atoms. The van der Waals surface area contributed by atoms with Crippen LogP contribution >= 0.6 is 0 Å². The van der Waals surface area contributed by atoms with Gasteiger partial charge in [-0.25, -0.2) is 0 Å². The molecule has 1 amide bonds. The number of fused-ring (bicyclic) bond motifs is 1. The highest BCUT2D eigenvalue weighted by Crippen LogP contribution is 2.57. The zero-order valence-electron chi connectivity index (χ0n) is 17.3. The topological polar surface area (TPSA) is 32.8 Å². The molecule has 1 aromatic rings. The van der Waals surface area contributed by atoms with Crippen LogP contribution in [-0.4, -0.2) is 55.0 Å². The monoisotopic (exact) mass is 382 g/mol. The number of hydrogen-bond donors (Lipinski definition) is 0. The van der Waals surface area contributed by atoms with Gasteiger partial charge in [-0.2, -0.15) is 0 Å². The molecule has 2 saturated carbocycles. The average Bonchev–Trinajstić information content (AvgIpc) is 3.14. The third kappa shape index (κ3) is 3.68. The summed E-state index contributed by atoms with van der Waals surface area (Å²) in [5.41, 5.74) is 3.44. The van der Waals surface area contributed by atoms with Gasteiger partial charge in [0, 0.05) is 38.0 Å². The summed E-state index contributed by atoms with van der Waals surface area (Å²) in [7, 11) is 2.23. The van der Waals surface area contributed by atoms with E-state index < -0.39 is 0 Å². The molecular formula is C24H34N2O2. The van der Waals surface area contributed by atoms with Gasteiger partial charge in [0.25, 0.3) is 0 Å². The molecule has 1 saturated heterocycles. The normalized spacial score (nSPS) is 25.9. The highest BCUT2D eigenvalue weighted by Gasteiger charge is 2.46. The Labute approximate surface area is 169 Å². The Bertz CT molecular complexity index is 732. The molecular weight excluding hydrogens is 348 g/mol. The zero-order chi connectivity index (χ0) is 19.1. The van der Waals surface area contributed by atoms with Crippen molar-refractivity contribution in [2.45, 2.75) is 63.8 Å². The maximum absolute atomic E-state index is 13.0. The SMILES string of the molecule is CN(CCc1ccc2c(c1)CCO2)C1CCN(C(=O)C2CCC3(CC2)CC3)C1. The van der Waals surface area contributed by atoms with Gasteiger partial charge < -0.3 is 14.5 Å². The number of benzene rings is 1. The van der Waals surface area contributed by atoms with E-state index in [1.807, 2.05) is 0 Å². The third-order valence-electron chi connectivity index (χ3n) is 7.96. The van der Waals surface area contributed by atoms with Crippen LogP contribution in [0.15, 0.2) is 18.2 Å². The van der Waals surface area contributed by atoms with Crippen LogP contribution in [0.2, 0.25) is 0 Å². The molecule has 3 fully saturated rings. The average molecular weight is 383 g/mol. The number of rotatable bonds is 5. The summed E-state index contributed by atoms with van der Waals surface area (Å²) >= 11 is 0. The first-order chi connectivity index (χ1) is 13.6. The van der Waals surface area contributed by atoms with Crippen LogP contribution in [0.3, 0.4) is 0 Å². The van der Waals surface area contributed by atoms with Crippen molar-refractivity contribution in [3.8, 4) is 5.75 Å². The van der Waals surface area contributed by atoms with Crippen molar-refractivity contribution in [2.75, 3.05) is 33.3 Å². The lowest BCUT2D eigenvalue weighted by Crippen LogP contribution is -2.40. The molecule has 4 aliphatic rings. The molecule has 5 rings (SSSR count). The predicted octanol–water partition coefficient (Wildman–Crippen LogP) is 3.67. The summed E-state index contributed by atoms with van der Waals surface area (Å²) in [5, 5.41) is 0. The van der Waals surface area contributed by atoms with Crippen LogP contribution < -0.4 is 4.74 Å².